The molecule has 9 heteroatoms. The number of rotatable bonds is 6. The minimum absolute atomic E-state index is 0.0363. The fourth-order valence-electron chi connectivity index (χ4n) is 3.03. The van der Waals surface area contributed by atoms with E-state index in [0.29, 0.717) is 29.8 Å². The molecule has 0 saturated carbocycles. The van der Waals surface area contributed by atoms with Crippen LogP contribution in [0.2, 0.25) is 0 Å². The Bertz CT molecular complexity index is 1140. The summed E-state index contributed by atoms with van der Waals surface area (Å²) in [6.45, 7) is 0.900. The van der Waals surface area contributed by atoms with Gasteiger partial charge in [-0.1, -0.05) is 6.07 Å². The molecule has 0 aliphatic heterocycles. The van der Waals surface area contributed by atoms with Crippen LogP contribution < -0.4 is 4.84 Å². The first-order chi connectivity index (χ1) is 13.6. The molecular formula is C19H18N4O4S. The largest absolute Gasteiger partial charge is 0.508 e. The molecular weight excluding hydrogens is 380 g/mol. The highest BCUT2D eigenvalue weighted by Gasteiger charge is 2.19. The second kappa shape index (κ2) is 7.45. The van der Waals surface area contributed by atoms with Crippen molar-refractivity contribution < 1.29 is 19.8 Å². The molecule has 0 aliphatic rings. The van der Waals surface area contributed by atoms with Crippen LogP contribution in [0.1, 0.15) is 0 Å². The first kappa shape index (κ1) is 18.2. The average molecular weight is 398 g/mol. The van der Waals surface area contributed by atoms with Crippen molar-refractivity contribution >= 4 is 23.5 Å². The van der Waals surface area contributed by atoms with Gasteiger partial charge in [0.25, 0.3) is 0 Å². The molecule has 2 N–H and O–H groups in total. The van der Waals surface area contributed by atoms with Crippen molar-refractivity contribution in [1.29, 1.82) is 0 Å². The zero-order valence-corrected chi connectivity index (χ0v) is 15.9. The minimum Gasteiger partial charge on any atom is -0.508 e. The Hall–Kier alpha value is -3.17. The summed E-state index contributed by atoms with van der Waals surface area (Å²) < 4.78 is 8.44. The van der Waals surface area contributed by atoms with Crippen molar-refractivity contribution in [3.05, 3.63) is 48.7 Å². The van der Waals surface area contributed by atoms with Crippen molar-refractivity contribution in [2.45, 2.75) is 5.16 Å². The fourth-order valence-corrected chi connectivity index (χ4v) is 3.28. The van der Waals surface area contributed by atoms with Crippen LogP contribution in [0.25, 0.3) is 28.0 Å². The Balaban J connectivity index is 1.84. The quantitative estimate of drug-likeness (QED) is 0.341. The molecule has 0 spiro atoms. The number of methoxy groups -OCH3 is 1. The number of aromatic nitrogens is 4. The van der Waals surface area contributed by atoms with E-state index in [2.05, 4.69) is 22.8 Å². The Labute approximate surface area is 165 Å². The van der Waals surface area contributed by atoms with E-state index in [9.17, 15) is 10.2 Å². The second-order valence-corrected chi connectivity index (χ2v) is 6.44. The van der Waals surface area contributed by atoms with E-state index in [-0.39, 0.29) is 11.5 Å². The summed E-state index contributed by atoms with van der Waals surface area (Å²) in [4.78, 5) is 5.71. The molecule has 2 heterocycles. The maximum Gasteiger partial charge on any atom is 0.193 e. The molecule has 2 aromatic carbocycles. The number of phenolic OH excluding ortho intramolecular Hbond substituents is 2. The highest BCUT2D eigenvalue weighted by atomic mass is 32.1. The van der Waals surface area contributed by atoms with E-state index in [0.717, 1.165) is 16.6 Å². The summed E-state index contributed by atoms with van der Waals surface area (Å²) in [5, 5.41) is 29.3. The summed E-state index contributed by atoms with van der Waals surface area (Å²) in [5.41, 5.74) is 2.07. The van der Waals surface area contributed by atoms with E-state index in [1.807, 2.05) is 30.5 Å². The molecule has 28 heavy (non-hydrogen) atoms. The molecule has 2 aromatic heterocycles. The van der Waals surface area contributed by atoms with Gasteiger partial charge >= 0.3 is 0 Å². The van der Waals surface area contributed by atoms with E-state index in [4.69, 9.17) is 9.57 Å². The van der Waals surface area contributed by atoms with Crippen LogP contribution in [-0.2, 0) is 4.74 Å². The molecule has 4 rings (SSSR count). The SMILES string of the molecule is COCCOn1ccc2c(-n3c(S)nnc3-c3ccc(O)cc3O)cccc21. The lowest BCUT2D eigenvalue weighted by atomic mass is 10.1. The van der Waals surface area contributed by atoms with Crippen LogP contribution in [-0.4, -0.2) is 50.0 Å². The molecule has 0 fully saturated rings. The number of hydrogen-bond donors (Lipinski definition) is 3. The van der Waals surface area contributed by atoms with Gasteiger partial charge in [-0.2, -0.15) is 4.73 Å². The van der Waals surface area contributed by atoms with Gasteiger partial charge in [0.05, 0.1) is 23.4 Å². The third kappa shape index (κ3) is 3.14. The number of nitrogens with zero attached hydrogens (tertiary/aromatic N) is 4. The van der Waals surface area contributed by atoms with Gasteiger partial charge in [0.2, 0.25) is 0 Å². The summed E-state index contributed by atoms with van der Waals surface area (Å²) in [5.74, 6) is 0.267. The number of ether oxygens (including phenoxy) is 1. The standard InChI is InChI=1S/C19H18N4O4S/c1-26-9-10-27-22-8-7-13-15(22)3-2-4-16(13)23-18(20-21-19(23)28)14-6-5-12(24)11-17(14)25/h2-8,11,24-25H,9-10H2,1H3,(H,21,28). The highest BCUT2D eigenvalue weighted by molar-refractivity contribution is 7.80. The van der Waals surface area contributed by atoms with Gasteiger partial charge in [-0.05, 0) is 30.3 Å². The zero-order chi connectivity index (χ0) is 19.7. The fraction of sp³-hybridized carbons (Fsp3) is 0.158. The molecule has 0 radical (unpaired) electrons. The van der Waals surface area contributed by atoms with Gasteiger partial charge in [-0.3, -0.25) is 4.57 Å². The van der Waals surface area contributed by atoms with Crippen molar-refractivity contribution in [3.63, 3.8) is 0 Å². The topological polar surface area (TPSA) is 94.6 Å². The van der Waals surface area contributed by atoms with Crippen LogP contribution in [0.3, 0.4) is 0 Å². The molecule has 0 aliphatic carbocycles. The predicted molar refractivity (Wildman–Crippen MR) is 106 cm³/mol. The van der Waals surface area contributed by atoms with Crippen molar-refractivity contribution in [3.8, 4) is 28.6 Å². The summed E-state index contributed by atoms with van der Waals surface area (Å²) in [6.07, 6.45) is 1.82. The van der Waals surface area contributed by atoms with Crippen LogP contribution in [0.5, 0.6) is 11.5 Å². The monoisotopic (exact) mass is 398 g/mol. The maximum atomic E-state index is 10.3. The lowest BCUT2D eigenvalue weighted by Crippen LogP contribution is -2.15. The number of thiol groups is 1. The number of aromatic hydroxyl groups is 2. The Kier molecular flexibility index (Phi) is 4.84. The molecule has 0 amide bonds. The number of fused-ring (bicyclic) bond motifs is 1. The molecule has 0 saturated heterocycles. The summed E-state index contributed by atoms with van der Waals surface area (Å²) in [6, 6.07) is 12.0. The molecule has 8 nitrogen and oxygen atoms in total. The smallest absolute Gasteiger partial charge is 0.193 e. The first-order valence-corrected chi connectivity index (χ1v) is 8.94. The minimum atomic E-state index is -0.102. The van der Waals surface area contributed by atoms with Crippen LogP contribution in [0.15, 0.2) is 53.8 Å². The lowest BCUT2D eigenvalue weighted by molar-refractivity contribution is 0.0639. The van der Waals surface area contributed by atoms with Crippen LogP contribution >= 0.6 is 12.6 Å². The van der Waals surface area contributed by atoms with Crippen LogP contribution in [0, 0.1) is 0 Å². The normalized spacial score (nSPS) is 11.2. The molecule has 0 unspecified atom stereocenters. The van der Waals surface area contributed by atoms with Crippen molar-refractivity contribution in [2.75, 3.05) is 20.3 Å². The Morgan fingerprint density at radius 3 is 2.71 bits per heavy atom. The van der Waals surface area contributed by atoms with E-state index in [1.165, 1.54) is 12.1 Å². The third-order valence-corrected chi connectivity index (χ3v) is 4.59. The molecule has 0 bridgehead atoms. The van der Waals surface area contributed by atoms with Crippen molar-refractivity contribution in [2.24, 2.45) is 0 Å². The van der Waals surface area contributed by atoms with E-state index < -0.39 is 0 Å². The number of phenols is 2. The summed E-state index contributed by atoms with van der Waals surface area (Å²) >= 11 is 4.44. The van der Waals surface area contributed by atoms with Gasteiger partial charge in [0, 0.05) is 24.8 Å². The van der Waals surface area contributed by atoms with E-state index >= 15 is 0 Å². The lowest BCUT2D eigenvalue weighted by Gasteiger charge is -2.12. The zero-order valence-electron chi connectivity index (χ0n) is 15.0. The van der Waals surface area contributed by atoms with Gasteiger partial charge < -0.3 is 19.8 Å². The second-order valence-electron chi connectivity index (χ2n) is 6.04. The van der Waals surface area contributed by atoms with Gasteiger partial charge in [0.1, 0.15) is 18.1 Å². The first-order valence-electron chi connectivity index (χ1n) is 8.49. The van der Waals surface area contributed by atoms with Crippen molar-refractivity contribution in [1.82, 2.24) is 19.5 Å². The van der Waals surface area contributed by atoms with Gasteiger partial charge in [-0.25, -0.2) is 0 Å². The van der Waals surface area contributed by atoms with Gasteiger partial charge in [-0.15, -0.1) is 22.8 Å². The molecule has 4 aromatic rings. The van der Waals surface area contributed by atoms with Crippen LogP contribution in [0.4, 0.5) is 0 Å². The summed E-state index contributed by atoms with van der Waals surface area (Å²) in [7, 11) is 1.62. The Morgan fingerprint density at radius 1 is 1.07 bits per heavy atom. The number of benzene rings is 2. The highest BCUT2D eigenvalue weighted by Crippen LogP contribution is 2.35. The number of hydrogen-bond acceptors (Lipinski definition) is 7. The Morgan fingerprint density at radius 2 is 1.93 bits per heavy atom. The predicted octanol–water partition coefficient (Wildman–Crippen LogP) is 2.66. The molecule has 144 valence electrons. The maximum absolute atomic E-state index is 10.3. The third-order valence-electron chi connectivity index (χ3n) is 4.30. The average Bonchev–Trinajstić information content (AvgIpc) is 3.26. The van der Waals surface area contributed by atoms with E-state index in [1.54, 1.807) is 22.5 Å². The molecule has 0 atom stereocenters. The van der Waals surface area contributed by atoms with Gasteiger partial charge in [0.15, 0.2) is 11.0 Å².